The van der Waals surface area contributed by atoms with Crippen LogP contribution < -0.4 is 15.5 Å². The molecule has 0 unspecified atom stereocenters. The van der Waals surface area contributed by atoms with Crippen LogP contribution in [0.1, 0.15) is 40.9 Å². The molecule has 0 atom stereocenters. The van der Waals surface area contributed by atoms with Crippen LogP contribution in [0.2, 0.25) is 0 Å². The Bertz CT molecular complexity index is 1670. The van der Waals surface area contributed by atoms with Gasteiger partial charge in [-0.15, -0.1) is 0 Å². The van der Waals surface area contributed by atoms with Gasteiger partial charge in [0, 0.05) is 5.69 Å². The van der Waals surface area contributed by atoms with Crippen molar-refractivity contribution in [3.8, 4) is 6.07 Å². The predicted octanol–water partition coefficient (Wildman–Crippen LogP) is 5.89. The second-order valence-electron chi connectivity index (χ2n) is 9.86. The van der Waals surface area contributed by atoms with Crippen molar-refractivity contribution in [2.75, 3.05) is 22.6 Å². The second kappa shape index (κ2) is 11.4. The summed E-state index contributed by atoms with van der Waals surface area (Å²) < 4.78 is 59.5. The van der Waals surface area contributed by atoms with Gasteiger partial charge in [-0.2, -0.15) is 18.4 Å². The Morgan fingerprint density at radius 3 is 2.28 bits per heavy atom. The smallest absolute Gasteiger partial charge is 0.417 e. The van der Waals surface area contributed by atoms with Gasteiger partial charge < -0.3 is 20.3 Å². The molecule has 0 radical (unpaired) electrons. The maximum atomic E-state index is 14.2. The fourth-order valence-corrected chi connectivity index (χ4v) is 4.40. The molecule has 10 nitrogen and oxygen atoms in total. The molecule has 1 aliphatic rings. The first-order valence-electron chi connectivity index (χ1n) is 12.5. The van der Waals surface area contributed by atoms with E-state index in [1.807, 2.05) is 0 Å². The minimum absolute atomic E-state index is 0.0455. The molecule has 0 bridgehead atoms. The fraction of sp³-hybridized carbons (Fsp3) is 0.207. The number of urea groups is 2. The zero-order chi connectivity index (χ0) is 31.7. The summed E-state index contributed by atoms with van der Waals surface area (Å²) in [6.45, 7) is 2.45. The van der Waals surface area contributed by atoms with Gasteiger partial charge in [0.15, 0.2) is 0 Å². The number of carbonyl (C=O) groups excluding carboxylic acids is 4. The van der Waals surface area contributed by atoms with Gasteiger partial charge in [-0.05, 0) is 74.0 Å². The summed E-state index contributed by atoms with van der Waals surface area (Å²) in [5, 5.41) is 14.1. The number of nitrogens with one attached hydrogen (secondary N) is 2. The van der Waals surface area contributed by atoms with Crippen LogP contribution >= 0.6 is 0 Å². The first-order valence-corrected chi connectivity index (χ1v) is 12.5. The van der Waals surface area contributed by atoms with E-state index in [-0.39, 0.29) is 29.0 Å². The van der Waals surface area contributed by atoms with Crippen LogP contribution in [-0.4, -0.2) is 41.5 Å². The van der Waals surface area contributed by atoms with E-state index in [1.54, 1.807) is 0 Å². The molecule has 14 heteroatoms. The molecule has 1 saturated heterocycles. The minimum atomic E-state index is -4.92. The van der Waals surface area contributed by atoms with Crippen molar-refractivity contribution < 1.29 is 41.5 Å². The first kappa shape index (κ1) is 30.5. The van der Waals surface area contributed by atoms with E-state index < -0.39 is 52.6 Å². The van der Waals surface area contributed by atoms with Crippen molar-refractivity contribution in [3.05, 3.63) is 88.7 Å². The number of rotatable bonds is 6. The molecule has 0 saturated carbocycles. The second-order valence-corrected chi connectivity index (χ2v) is 9.86. The number of methoxy groups -OCH3 is 1. The number of nitriles is 1. The monoisotopic (exact) mass is 597 g/mol. The van der Waals surface area contributed by atoms with Crippen LogP contribution in [0.5, 0.6) is 0 Å². The highest BCUT2D eigenvalue weighted by Crippen LogP contribution is 2.38. The third kappa shape index (κ3) is 6.10. The van der Waals surface area contributed by atoms with E-state index in [0.717, 1.165) is 29.2 Å². The summed E-state index contributed by atoms with van der Waals surface area (Å²) in [6, 6.07) is 11.3. The highest BCUT2D eigenvalue weighted by atomic mass is 19.4. The number of carbonyl (C=O) groups is 4. The molecule has 1 fully saturated rings. The molecule has 43 heavy (non-hydrogen) atoms. The molecule has 5 amide bonds. The number of hydrogen-bond acceptors (Lipinski definition) is 6. The van der Waals surface area contributed by atoms with Crippen LogP contribution in [0.15, 0.2) is 60.7 Å². The van der Waals surface area contributed by atoms with E-state index in [0.29, 0.717) is 16.7 Å². The molecule has 0 spiro atoms. The molecule has 222 valence electrons. The standard InChI is InChI=1S/C29H23F4N5O5/c1-28(2)25(40)38(21-11-7-17(14-34)22(13-21)29(31,32)33)27(42)37(28)15-18-4-8-19(30)12-23(18)36-26(41)35-20-9-5-16(6-10-20)24(39)43-3/h4-13H,15H2,1-3H3,(H2,35,36,41). The first-order chi connectivity index (χ1) is 20.2. The number of imide groups is 1. The van der Waals surface area contributed by atoms with Crippen molar-refractivity contribution in [1.82, 2.24) is 4.90 Å². The summed E-state index contributed by atoms with van der Waals surface area (Å²) >= 11 is 0. The molecule has 1 heterocycles. The fourth-order valence-electron chi connectivity index (χ4n) is 4.40. The Labute approximate surface area is 242 Å². The van der Waals surface area contributed by atoms with Crippen LogP contribution in [0.25, 0.3) is 0 Å². The van der Waals surface area contributed by atoms with Crippen LogP contribution in [0.3, 0.4) is 0 Å². The molecule has 3 aromatic carbocycles. The van der Waals surface area contributed by atoms with E-state index >= 15 is 0 Å². The summed E-state index contributed by atoms with van der Waals surface area (Å²) in [7, 11) is 1.22. The number of nitrogens with zero attached hydrogens (tertiary/aromatic N) is 3. The largest absolute Gasteiger partial charge is 0.465 e. The van der Waals surface area contributed by atoms with Gasteiger partial charge in [0.25, 0.3) is 5.91 Å². The Balaban J connectivity index is 1.59. The number of benzene rings is 3. The highest BCUT2D eigenvalue weighted by Gasteiger charge is 2.52. The Morgan fingerprint density at radius 1 is 1.00 bits per heavy atom. The van der Waals surface area contributed by atoms with Gasteiger partial charge in [0.05, 0.1) is 47.8 Å². The Kier molecular flexibility index (Phi) is 8.11. The normalized spacial score (nSPS) is 14.4. The SMILES string of the molecule is COC(=O)c1ccc(NC(=O)Nc2cc(F)ccc2CN2C(=O)N(c3ccc(C#N)c(C(F)(F)F)c3)C(=O)C2(C)C)cc1. The summed E-state index contributed by atoms with van der Waals surface area (Å²) in [4.78, 5) is 52.7. The van der Waals surface area contributed by atoms with E-state index in [4.69, 9.17) is 5.26 Å². The van der Waals surface area contributed by atoms with Crippen molar-refractivity contribution >= 4 is 41.0 Å². The lowest BCUT2D eigenvalue weighted by Gasteiger charge is -2.28. The van der Waals surface area contributed by atoms with Gasteiger partial charge in [-0.25, -0.2) is 23.7 Å². The summed E-state index contributed by atoms with van der Waals surface area (Å²) in [6.07, 6.45) is -4.92. The molecule has 2 N–H and O–H groups in total. The van der Waals surface area contributed by atoms with Crippen LogP contribution in [0, 0.1) is 17.1 Å². The average Bonchev–Trinajstić information content (AvgIpc) is 3.12. The highest BCUT2D eigenvalue weighted by molar-refractivity contribution is 6.23. The van der Waals surface area contributed by atoms with E-state index in [2.05, 4.69) is 15.4 Å². The number of alkyl halides is 3. The molecule has 4 rings (SSSR count). The zero-order valence-electron chi connectivity index (χ0n) is 22.9. The third-order valence-electron chi connectivity index (χ3n) is 6.72. The van der Waals surface area contributed by atoms with Gasteiger partial charge in [-0.1, -0.05) is 6.07 Å². The van der Waals surface area contributed by atoms with E-state index in [9.17, 15) is 36.7 Å². The maximum absolute atomic E-state index is 14.2. The van der Waals surface area contributed by atoms with E-state index in [1.165, 1.54) is 57.4 Å². The maximum Gasteiger partial charge on any atom is 0.417 e. The Morgan fingerprint density at radius 2 is 1.67 bits per heavy atom. The molecular formula is C29H23F4N5O5. The molecule has 0 aromatic heterocycles. The molecule has 3 aromatic rings. The Hall–Kier alpha value is -5.45. The lowest BCUT2D eigenvalue weighted by atomic mass is 10.0. The van der Waals surface area contributed by atoms with Gasteiger partial charge >= 0.3 is 24.2 Å². The lowest BCUT2D eigenvalue weighted by molar-refractivity contribution is -0.137. The number of halogens is 4. The van der Waals surface area contributed by atoms with Gasteiger partial charge in [0.2, 0.25) is 0 Å². The number of ether oxygens (including phenoxy) is 1. The molecule has 1 aliphatic heterocycles. The van der Waals surface area contributed by atoms with Crippen LogP contribution in [0.4, 0.5) is 44.2 Å². The lowest BCUT2D eigenvalue weighted by Crippen LogP contribution is -2.43. The predicted molar refractivity (Wildman–Crippen MR) is 145 cm³/mol. The number of hydrogen-bond donors (Lipinski definition) is 2. The average molecular weight is 598 g/mol. The van der Waals surface area contributed by atoms with Crippen molar-refractivity contribution in [2.45, 2.75) is 32.1 Å². The molecular weight excluding hydrogens is 574 g/mol. The molecule has 0 aliphatic carbocycles. The van der Waals surface area contributed by atoms with Crippen molar-refractivity contribution in [2.24, 2.45) is 0 Å². The van der Waals surface area contributed by atoms with Crippen LogP contribution in [-0.2, 0) is 22.3 Å². The quantitative estimate of drug-likeness (QED) is 0.207. The minimum Gasteiger partial charge on any atom is -0.465 e. The third-order valence-corrected chi connectivity index (χ3v) is 6.72. The topological polar surface area (TPSA) is 132 Å². The van der Waals surface area contributed by atoms with Gasteiger partial charge in [-0.3, -0.25) is 4.79 Å². The summed E-state index contributed by atoms with van der Waals surface area (Å²) in [5.41, 5.74) is -3.21. The van der Waals surface area contributed by atoms with Crippen molar-refractivity contribution in [3.63, 3.8) is 0 Å². The number of anilines is 3. The van der Waals surface area contributed by atoms with Crippen molar-refractivity contribution in [1.29, 1.82) is 5.26 Å². The summed E-state index contributed by atoms with van der Waals surface area (Å²) in [5.74, 6) is -2.12. The zero-order valence-corrected chi connectivity index (χ0v) is 22.9. The number of amides is 5. The van der Waals surface area contributed by atoms with Gasteiger partial charge in [0.1, 0.15) is 11.4 Å². The number of esters is 1.